The van der Waals surface area contributed by atoms with E-state index >= 15 is 0 Å². The number of nitrogens with zero attached hydrogens (tertiary/aromatic N) is 3. The second-order valence-electron chi connectivity index (χ2n) is 12.0. The molecule has 0 aromatic carbocycles. The first kappa shape index (κ1) is 26.5. The third-order valence-electron chi connectivity index (χ3n) is 6.51. The molecule has 10 nitrogen and oxygen atoms in total. The van der Waals surface area contributed by atoms with Gasteiger partial charge in [0.25, 0.3) is 0 Å². The molecule has 3 rings (SSSR count). The molecule has 3 aliphatic rings. The minimum atomic E-state index is -0.846. The van der Waals surface area contributed by atoms with Crippen molar-refractivity contribution in [3.05, 3.63) is 0 Å². The maximum Gasteiger partial charge on any atom is 0.425 e. The largest absolute Gasteiger partial charge is 0.466 e. The van der Waals surface area contributed by atoms with Crippen molar-refractivity contribution >= 4 is 18.2 Å². The zero-order chi connectivity index (χ0) is 25.6. The Labute approximate surface area is 202 Å². The lowest BCUT2D eigenvalue weighted by molar-refractivity contribution is -0.165. The van der Waals surface area contributed by atoms with Crippen molar-refractivity contribution in [3.63, 3.8) is 0 Å². The van der Waals surface area contributed by atoms with Crippen molar-refractivity contribution in [2.75, 3.05) is 26.2 Å². The lowest BCUT2D eigenvalue weighted by Crippen LogP contribution is -2.54. The second-order valence-corrected chi connectivity index (χ2v) is 12.0. The predicted molar refractivity (Wildman–Crippen MR) is 124 cm³/mol. The number of aliphatic hydroxyl groups is 1. The number of rotatable bonds is 4. The molecule has 2 aliphatic heterocycles. The molecule has 1 saturated carbocycles. The molecule has 2 saturated heterocycles. The highest BCUT2D eigenvalue weighted by atomic mass is 16.6. The number of hydrogen-bond acceptors (Lipinski definition) is 8. The molecule has 0 spiro atoms. The van der Waals surface area contributed by atoms with E-state index in [-0.39, 0.29) is 25.0 Å². The molecule has 0 unspecified atom stereocenters. The average Bonchev–Trinajstić information content (AvgIpc) is 3.16. The number of hydrazine groups is 1. The number of hydrogen-bond donors (Lipinski definition) is 1. The molecule has 1 N–H and O–H groups in total. The standard InChI is InChI=1S/C24H41N3O7/c1-9-32-19(29)24(8)10-15(11-24)12-26-18-16(13-27(26)21(31)34-23(5,6)7)25(14-17(18)28)20(30)33-22(2,3)4/h15-18,28H,9-14H2,1-8H3/t15?,16-,17+,18+,24?/m1/s1. The number of aliphatic hydroxyl groups excluding tert-OH is 1. The fourth-order valence-corrected chi connectivity index (χ4v) is 5.26. The zero-order valence-corrected chi connectivity index (χ0v) is 21.8. The van der Waals surface area contributed by atoms with E-state index in [1.54, 1.807) is 48.5 Å². The molecule has 1 aliphatic carbocycles. The summed E-state index contributed by atoms with van der Waals surface area (Å²) in [6.45, 7) is 15.6. The van der Waals surface area contributed by atoms with Crippen molar-refractivity contribution in [2.24, 2.45) is 11.3 Å². The summed E-state index contributed by atoms with van der Waals surface area (Å²) < 4.78 is 16.4. The predicted octanol–water partition coefficient (Wildman–Crippen LogP) is 2.78. The number of esters is 1. The lowest BCUT2D eigenvalue weighted by Gasteiger charge is -2.46. The Morgan fingerprint density at radius 3 is 2.06 bits per heavy atom. The highest BCUT2D eigenvalue weighted by Crippen LogP contribution is 2.48. The molecule has 2 heterocycles. The van der Waals surface area contributed by atoms with Crippen LogP contribution in [0.15, 0.2) is 0 Å². The SMILES string of the molecule is CCOC(=O)C1(C)CC(CN2[C@H]3[C@@H](CN2C(=O)OC(C)(C)C)N(C(=O)OC(C)(C)C)C[C@@H]3O)C1. The third kappa shape index (κ3) is 5.59. The quantitative estimate of drug-likeness (QED) is 0.480. The Bertz CT molecular complexity index is 797. The molecule has 2 amide bonds. The molecule has 0 bridgehead atoms. The van der Waals surface area contributed by atoms with Crippen LogP contribution in [0.2, 0.25) is 0 Å². The van der Waals surface area contributed by atoms with Crippen LogP contribution in [0.4, 0.5) is 9.59 Å². The molecule has 10 heteroatoms. The third-order valence-corrected chi connectivity index (χ3v) is 6.51. The Kier molecular flexibility index (Phi) is 7.17. The summed E-state index contributed by atoms with van der Waals surface area (Å²) in [5.41, 5.74) is -1.90. The summed E-state index contributed by atoms with van der Waals surface area (Å²) >= 11 is 0. The van der Waals surface area contributed by atoms with Gasteiger partial charge in [-0.1, -0.05) is 0 Å². The van der Waals surface area contributed by atoms with Crippen molar-refractivity contribution in [3.8, 4) is 0 Å². The van der Waals surface area contributed by atoms with Crippen LogP contribution in [0, 0.1) is 11.3 Å². The van der Waals surface area contributed by atoms with Gasteiger partial charge in [-0.15, -0.1) is 0 Å². The zero-order valence-electron chi connectivity index (χ0n) is 21.8. The maximum absolute atomic E-state index is 13.1. The number of carbonyl (C=O) groups excluding carboxylic acids is 3. The lowest BCUT2D eigenvalue weighted by atomic mass is 9.63. The Morgan fingerprint density at radius 2 is 1.53 bits per heavy atom. The number of carbonyl (C=O) groups is 3. The maximum atomic E-state index is 13.1. The average molecular weight is 484 g/mol. The van der Waals surface area contributed by atoms with Gasteiger partial charge in [0.1, 0.15) is 11.2 Å². The van der Waals surface area contributed by atoms with Gasteiger partial charge in [-0.05, 0) is 74.1 Å². The van der Waals surface area contributed by atoms with Crippen LogP contribution in [0.25, 0.3) is 0 Å². The van der Waals surface area contributed by atoms with Gasteiger partial charge in [0.15, 0.2) is 0 Å². The number of amides is 2. The van der Waals surface area contributed by atoms with Gasteiger partial charge in [-0.2, -0.15) is 0 Å². The fourth-order valence-electron chi connectivity index (χ4n) is 5.26. The summed E-state index contributed by atoms with van der Waals surface area (Å²) in [5.74, 6) is -0.0626. The van der Waals surface area contributed by atoms with Crippen LogP contribution < -0.4 is 0 Å². The van der Waals surface area contributed by atoms with E-state index < -0.39 is 47.0 Å². The Morgan fingerprint density at radius 1 is 0.971 bits per heavy atom. The molecule has 3 atom stereocenters. The van der Waals surface area contributed by atoms with E-state index in [2.05, 4.69) is 0 Å². The van der Waals surface area contributed by atoms with Gasteiger partial charge in [-0.3, -0.25) is 9.69 Å². The normalized spacial score (nSPS) is 31.7. The van der Waals surface area contributed by atoms with Crippen LogP contribution in [-0.4, -0.2) is 93.8 Å². The molecular weight excluding hydrogens is 442 g/mol. The van der Waals surface area contributed by atoms with Crippen LogP contribution >= 0.6 is 0 Å². The highest BCUT2D eigenvalue weighted by molar-refractivity contribution is 5.77. The van der Waals surface area contributed by atoms with E-state index in [1.807, 2.05) is 11.9 Å². The smallest absolute Gasteiger partial charge is 0.425 e. The van der Waals surface area contributed by atoms with Gasteiger partial charge < -0.3 is 19.3 Å². The van der Waals surface area contributed by atoms with Crippen LogP contribution in [0.3, 0.4) is 0 Å². The van der Waals surface area contributed by atoms with E-state index in [0.29, 0.717) is 26.0 Å². The van der Waals surface area contributed by atoms with Crippen molar-refractivity contribution in [1.29, 1.82) is 0 Å². The topological polar surface area (TPSA) is 109 Å². The summed E-state index contributed by atoms with van der Waals surface area (Å²) in [4.78, 5) is 39.8. The highest BCUT2D eigenvalue weighted by Gasteiger charge is 2.57. The first-order valence-electron chi connectivity index (χ1n) is 12.2. The first-order chi connectivity index (χ1) is 15.5. The van der Waals surface area contributed by atoms with Crippen LogP contribution in [0.1, 0.15) is 68.2 Å². The number of ether oxygens (including phenoxy) is 3. The van der Waals surface area contributed by atoms with Crippen LogP contribution in [0.5, 0.6) is 0 Å². The van der Waals surface area contributed by atoms with Crippen LogP contribution in [-0.2, 0) is 19.0 Å². The molecule has 0 radical (unpaired) electrons. The monoisotopic (exact) mass is 483 g/mol. The van der Waals surface area contributed by atoms with E-state index in [1.165, 1.54) is 9.91 Å². The number of β-amino-alcohol motifs (C(OH)–C–C–N with tert-alkyl or cyclic N) is 1. The van der Waals surface area contributed by atoms with Gasteiger partial charge in [0.05, 0.1) is 43.3 Å². The van der Waals surface area contributed by atoms with Crippen molar-refractivity contribution < 1.29 is 33.7 Å². The summed E-state index contributed by atoms with van der Waals surface area (Å²) in [7, 11) is 0. The summed E-state index contributed by atoms with van der Waals surface area (Å²) in [6, 6.07) is -0.886. The second kappa shape index (κ2) is 9.18. The van der Waals surface area contributed by atoms with Crippen molar-refractivity contribution in [1.82, 2.24) is 14.9 Å². The van der Waals surface area contributed by atoms with Gasteiger partial charge in [0, 0.05) is 6.54 Å². The molecule has 3 fully saturated rings. The molecular formula is C24H41N3O7. The Hall–Kier alpha value is -2.07. The molecule has 0 aromatic heterocycles. The molecule has 34 heavy (non-hydrogen) atoms. The van der Waals surface area contributed by atoms with Gasteiger partial charge >= 0.3 is 18.2 Å². The van der Waals surface area contributed by atoms with Gasteiger partial charge in [0.2, 0.25) is 0 Å². The van der Waals surface area contributed by atoms with Crippen molar-refractivity contribution in [2.45, 2.75) is 97.6 Å². The fraction of sp³-hybridized carbons (Fsp3) is 0.875. The summed E-state index contributed by atoms with van der Waals surface area (Å²) in [5, 5.41) is 14.3. The minimum absolute atomic E-state index is 0.133. The van der Waals surface area contributed by atoms with Gasteiger partial charge in [-0.25, -0.2) is 19.6 Å². The van der Waals surface area contributed by atoms with E-state index in [4.69, 9.17) is 14.2 Å². The summed E-state index contributed by atoms with van der Waals surface area (Å²) in [6.07, 6.45) is -0.614. The Balaban J connectivity index is 1.78. The first-order valence-corrected chi connectivity index (χ1v) is 12.2. The number of fused-ring (bicyclic) bond motifs is 1. The molecule has 0 aromatic rings. The minimum Gasteiger partial charge on any atom is -0.466 e. The van der Waals surface area contributed by atoms with E-state index in [9.17, 15) is 19.5 Å². The number of likely N-dealkylation sites (tertiary alicyclic amines) is 1. The molecule has 194 valence electrons. The van der Waals surface area contributed by atoms with E-state index in [0.717, 1.165) is 0 Å².